The molecule has 7 nitrogen and oxygen atoms in total. The smallest absolute Gasteiger partial charge is 0.314 e. The number of aryl methyl sites for hydroxylation is 1. The lowest BCUT2D eigenvalue weighted by Crippen LogP contribution is -2.42. The maximum Gasteiger partial charge on any atom is 0.324 e. The van der Waals surface area contributed by atoms with Gasteiger partial charge in [0.05, 0.1) is 5.69 Å². The van der Waals surface area contributed by atoms with Crippen LogP contribution in [0.25, 0.3) is 0 Å². The van der Waals surface area contributed by atoms with Gasteiger partial charge in [-0.25, -0.2) is 4.79 Å². The van der Waals surface area contributed by atoms with Gasteiger partial charge in [0.25, 0.3) is 0 Å². The summed E-state index contributed by atoms with van der Waals surface area (Å²) in [6.07, 6.45) is 0. The summed E-state index contributed by atoms with van der Waals surface area (Å²) in [5.74, 6) is 0.675. The molecule has 1 aliphatic rings. The van der Waals surface area contributed by atoms with Crippen molar-refractivity contribution in [3.8, 4) is 0 Å². The molecule has 7 heteroatoms. The molecule has 1 aromatic carbocycles. The standard InChI is InChI=1S/C20H30N6O/c1-20(2,3)17-13-18(25(4)24-17)23-19(27)22-16-7-5-6-15(12-16)14-26-10-8-21-9-11-26/h5-7,12-13,21H,8-11,14H2,1-4H3,(H2,22,23,27). The Morgan fingerprint density at radius 2 is 1.93 bits per heavy atom. The Morgan fingerprint density at radius 3 is 2.59 bits per heavy atom. The molecule has 2 heterocycles. The minimum atomic E-state index is -0.266. The van der Waals surface area contributed by atoms with Crippen molar-refractivity contribution in [2.24, 2.45) is 7.05 Å². The van der Waals surface area contributed by atoms with Crippen LogP contribution in [0.3, 0.4) is 0 Å². The largest absolute Gasteiger partial charge is 0.324 e. The highest BCUT2D eigenvalue weighted by Crippen LogP contribution is 2.23. The van der Waals surface area contributed by atoms with Gasteiger partial charge in [-0.1, -0.05) is 32.9 Å². The summed E-state index contributed by atoms with van der Waals surface area (Å²) in [7, 11) is 1.83. The van der Waals surface area contributed by atoms with E-state index in [4.69, 9.17) is 0 Å². The first kappa shape index (κ1) is 19.4. The van der Waals surface area contributed by atoms with E-state index in [-0.39, 0.29) is 11.4 Å². The minimum Gasteiger partial charge on any atom is -0.314 e. The van der Waals surface area contributed by atoms with E-state index >= 15 is 0 Å². The summed E-state index contributed by atoms with van der Waals surface area (Å²) < 4.78 is 1.70. The molecule has 3 rings (SSSR count). The van der Waals surface area contributed by atoms with Gasteiger partial charge in [-0.2, -0.15) is 5.10 Å². The van der Waals surface area contributed by atoms with Crippen molar-refractivity contribution in [3.05, 3.63) is 41.6 Å². The van der Waals surface area contributed by atoms with Crippen LogP contribution in [-0.4, -0.2) is 46.9 Å². The molecule has 3 N–H and O–H groups in total. The van der Waals surface area contributed by atoms with E-state index in [0.29, 0.717) is 5.82 Å². The fraction of sp³-hybridized carbons (Fsp3) is 0.500. The van der Waals surface area contributed by atoms with Crippen LogP contribution in [0.2, 0.25) is 0 Å². The van der Waals surface area contributed by atoms with E-state index in [1.165, 1.54) is 5.56 Å². The fourth-order valence-corrected chi connectivity index (χ4v) is 3.10. The summed E-state index contributed by atoms with van der Waals surface area (Å²) in [6, 6.07) is 9.67. The number of anilines is 2. The molecule has 0 radical (unpaired) electrons. The Kier molecular flexibility index (Phi) is 5.82. The van der Waals surface area contributed by atoms with E-state index in [2.05, 4.69) is 52.8 Å². The van der Waals surface area contributed by atoms with Gasteiger partial charge in [0, 0.05) is 56.9 Å². The molecular formula is C20H30N6O. The number of aromatic nitrogens is 2. The summed E-state index contributed by atoms with van der Waals surface area (Å²) in [4.78, 5) is 14.8. The SMILES string of the molecule is Cn1nc(C(C)(C)C)cc1NC(=O)Nc1cccc(CN2CCNCC2)c1. The van der Waals surface area contributed by atoms with Gasteiger partial charge < -0.3 is 10.6 Å². The van der Waals surface area contributed by atoms with Gasteiger partial charge in [-0.05, 0) is 17.7 Å². The molecule has 146 valence electrons. The molecular weight excluding hydrogens is 340 g/mol. The number of carbonyl (C=O) groups is 1. The minimum absolute atomic E-state index is 0.0630. The maximum atomic E-state index is 12.4. The van der Waals surface area contributed by atoms with E-state index in [1.54, 1.807) is 4.68 Å². The Labute approximate surface area is 161 Å². The van der Waals surface area contributed by atoms with Crippen molar-refractivity contribution >= 4 is 17.5 Å². The van der Waals surface area contributed by atoms with Crippen molar-refractivity contribution in [2.45, 2.75) is 32.7 Å². The first-order valence-corrected chi connectivity index (χ1v) is 9.46. The molecule has 0 aliphatic carbocycles. The monoisotopic (exact) mass is 370 g/mol. The molecule has 27 heavy (non-hydrogen) atoms. The number of hydrogen-bond acceptors (Lipinski definition) is 4. The zero-order valence-corrected chi connectivity index (χ0v) is 16.7. The van der Waals surface area contributed by atoms with E-state index < -0.39 is 0 Å². The number of hydrogen-bond donors (Lipinski definition) is 3. The van der Waals surface area contributed by atoms with E-state index in [0.717, 1.165) is 44.1 Å². The van der Waals surface area contributed by atoms with Crippen LogP contribution in [0, 0.1) is 0 Å². The summed E-state index contributed by atoms with van der Waals surface area (Å²) in [5, 5.41) is 13.7. The third kappa shape index (κ3) is 5.30. The normalized spacial score (nSPS) is 15.6. The second kappa shape index (κ2) is 8.10. The van der Waals surface area contributed by atoms with Crippen molar-refractivity contribution < 1.29 is 4.79 Å². The van der Waals surface area contributed by atoms with Crippen LogP contribution >= 0.6 is 0 Å². The third-order valence-electron chi connectivity index (χ3n) is 4.69. The molecule has 0 saturated carbocycles. The lowest BCUT2D eigenvalue weighted by atomic mass is 9.92. The quantitative estimate of drug-likeness (QED) is 0.774. The average molecular weight is 371 g/mol. The number of nitrogens with one attached hydrogen (secondary N) is 3. The Hall–Kier alpha value is -2.38. The number of nitrogens with zero attached hydrogens (tertiary/aromatic N) is 3. The summed E-state index contributed by atoms with van der Waals surface area (Å²) in [6.45, 7) is 11.4. The van der Waals surface area contributed by atoms with Gasteiger partial charge in [-0.3, -0.25) is 14.9 Å². The fourth-order valence-electron chi connectivity index (χ4n) is 3.10. The number of carbonyl (C=O) groups excluding carboxylic acids is 1. The van der Waals surface area contributed by atoms with E-state index in [1.807, 2.05) is 31.3 Å². The second-order valence-electron chi connectivity index (χ2n) is 8.09. The predicted molar refractivity (Wildman–Crippen MR) is 109 cm³/mol. The van der Waals surface area contributed by atoms with Gasteiger partial charge in [-0.15, -0.1) is 0 Å². The lowest BCUT2D eigenvalue weighted by Gasteiger charge is -2.27. The molecule has 0 bridgehead atoms. The zero-order valence-electron chi connectivity index (χ0n) is 16.7. The highest BCUT2D eigenvalue weighted by atomic mass is 16.2. The predicted octanol–water partition coefficient (Wildman–Crippen LogP) is 2.77. The molecule has 1 aromatic heterocycles. The van der Waals surface area contributed by atoms with Gasteiger partial charge in [0.15, 0.2) is 0 Å². The van der Waals surface area contributed by atoms with Crippen molar-refractivity contribution in [2.75, 3.05) is 36.8 Å². The maximum absolute atomic E-state index is 12.4. The Balaban J connectivity index is 1.61. The highest BCUT2D eigenvalue weighted by Gasteiger charge is 2.19. The zero-order chi connectivity index (χ0) is 19.4. The number of rotatable bonds is 4. The molecule has 1 saturated heterocycles. The van der Waals surface area contributed by atoms with Crippen molar-refractivity contribution in [1.82, 2.24) is 20.0 Å². The molecule has 0 spiro atoms. The number of amides is 2. The van der Waals surface area contributed by atoms with Crippen LogP contribution < -0.4 is 16.0 Å². The van der Waals surface area contributed by atoms with Gasteiger partial charge in [0.1, 0.15) is 5.82 Å². The van der Waals surface area contributed by atoms with Crippen LogP contribution in [0.15, 0.2) is 30.3 Å². The Bertz CT molecular complexity index is 786. The second-order valence-corrected chi connectivity index (χ2v) is 8.09. The molecule has 2 amide bonds. The van der Waals surface area contributed by atoms with Gasteiger partial charge >= 0.3 is 6.03 Å². The first-order chi connectivity index (χ1) is 12.8. The van der Waals surface area contributed by atoms with Crippen LogP contribution in [0.4, 0.5) is 16.3 Å². The molecule has 0 unspecified atom stereocenters. The Morgan fingerprint density at radius 1 is 1.19 bits per heavy atom. The average Bonchev–Trinajstić information content (AvgIpc) is 2.97. The molecule has 2 aromatic rings. The van der Waals surface area contributed by atoms with E-state index in [9.17, 15) is 4.79 Å². The summed E-state index contributed by atoms with van der Waals surface area (Å²) >= 11 is 0. The molecule has 1 aliphatic heterocycles. The van der Waals surface area contributed by atoms with Crippen molar-refractivity contribution in [1.29, 1.82) is 0 Å². The lowest BCUT2D eigenvalue weighted by molar-refractivity contribution is 0.233. The van der Waals surface area contributed by atoms with Crippen LogP contribution in [-0.2, 0) is 19.0 Å². The molecule has 0 atom stereocenters. The van der Waals surface area contributed by atoms with Crippen LogP contribution in [0.1, 0.15) is 32.0 Å². The number of piperazine rings is 1. The summed E-state index contributed by atoms with van der Waals surface area (Å²) in [5.41, 5.74) is 2.87. The third-order valence-corrected chi connectivity index (χ3v) is 4.69. The number of benzene rings is 1. The van der Waals surface area contributed by atoms with Crippen molar-refractivity contribution in [3.63, 3.8) is 0 Å². The highest BCUT2D eigenvalue weighted by molar-refractivity contribution is 5.99. The first-order valence-electron chi connectivity index (χ1n) is 9.46. The topological polar surface area (TPSA) is 74.2 Å². The number of urea groups is 1. The molecule has 1 fully saturated rings. The van der Waals surface area contributed by atoms with Crippen LogP contribution in [0.5, 0.6) is 0 Å². The van der Waals surface area contributed by atoms with Gasteiger partial charge in [0.2, 0.25) is 0 Å².